The van der Waals surface area contributed by atoms with E-state index in [1.54, 1.807) is 0 Å². The van der Waals surface area contributed by atoms with Crippen molar-refractivity contribution >= 4 is 21.6 Å². The zero-order valence-electron chi connectivity index (χ0n) is 11.2. The highest BCUT2D eigenvalue weighted by Crippen LogP contribution is 2.24. The van der Waals surface area contributed by atoms with Crippen molar-refractivity contribution in [3.05, 3.63) is 28.2 Å². The molecular formula is C15H24BrN. The van der Waals surface area contributed by atoms with Crippen LogP contribution in [0.5, 0.6) is 0 Å². The molecule has 1 atom stereocenters. The minimum Gasteiger partial charge on any atom is -0.384 e. The molecule has 17 heavy (non-hydrogen) atoms. The van der Waals surface area contributed by atoms with Crippen molar-refractivity contribution in [3.63, 3.8) is 0 Å². The highest BCUT2D eigenvalue weighted by Gasteiger charge is 2.06. The summed E-state index contributed by atoms with van der Waals surface area (Å²) in [6, 6.07) is 6.47. The van der Waals surface area contributed by atoms with E-state index in [9.17, 15) is 0 Å². The summed E-state index contributed by atoms with van der Waals surface area (Å²) in [6.45, 7) is 7.74. The summed E-state index contributed by atoms with van der Waals surface area (Å²) in [5.74, 6) is 0.795. The average Bonchev–Trinajstić information content (AvgIpc) is 2.31. The lowest BCUT2D eigenvalue weighted by molar-refractivity contribution is 0.473. The van der Waals surface area contributed by atoms with Gasteiger partial charge in [-0.15, -0.1) is 0 Å². The first-order valence-corrected chi connectivity index (χ1v) is 7.46. The maximum atomic E-state index is 3.61. The molecule has 0 aliphatic rings. The summed E-state index contributed by atoms with van der Waals surface area (Å²) in [7, 11) is 0. The van der Waals surface area contributed by atoms with E-state index in [0.29, 0.717) is 0 Å². The molecule has 2 heteroatoms. The Kier molecular flexibility index (Phi) is 6.64. The number of hydrogen-bond acceptors (Lipinski definition) is 1. The van der Waals surface area contributed by atoms with Crippen molar-refractivity contribution in [2.45, 2.75) is 46.5 Å². The van der Waals surface area contributed by atoms with Crippen LogP contribution >= 0.6 is 15.9 Å². The van der Waals surface area contributed by atoms with E-state index < -0.39 is 0 Å². The SMILES string of the molecule is CCCCC(CC)CNc1ccc(C)cc1Br. The van der Waals surface area contributed by atoms with Gasteiger partial charge in [0.1, 0.15) is 0 Å². The number of rotatable bonds is 7. The first-order valence-electron chi connectivity index (χ1n) is 6.67. The van der Waals surface area contributed by atoms with Gasteiger partial charge in [0, 0.05) is 16.7 Å². The third kappa shape index (κ3) is 5.12. The topological polar surface area (TPSA) is 12.0 Å². The third-order valence-corrected chi connectivity index (χ3v) is 3.91. The van der Waals surface area contributed by atoms with E-state index in [1.807, 2.05) is 0 Å². The average molecular weight is 298 g/mol. The van der Waals surface area contributed by atoms with Crippen molar-refractivity contribution in [1.82, 2.24) is 0 Å². The van der Waals surface area contributed by atoms with Crippen LogP contribution in [-0.2, 0) is 0 Å². The molecule has 1 aromatic rings. The number of unbranched alkanes of at least 4 members (excludes halogenated alkanes) is 1. The lowest BCUT2D eigenvalue weighted by atomic mass is 9.99. The Balaban J connectivity index is 2.47. The smallest absolute Gasteiger partial charge is 0.0484 e. The number of anilines is 1. The minimum atomic E-state index is 0.795. The monoisotopic (exact) mass is 297 g/mol. The summed E-state index contributed by atoms with van der Waals surface area (Å²) in [4.78, 5) is 0. The predicted octanol–water partition coefficient (Wildman–Crippen LogP) is 5.39. The van der Waals surface area contributed by atoms with E-state index in [0.717, 1.165) is 12.5 Å². The summed E-state index contributed by atoms with van der Waals surface area (Å²) in [5.41, 5.74) is 2.51. The Labute approximate surface area is 114 Å². The van der Waals surface area contributed by atoms with Crippen LogP contribution < -0.4 is 5.32 Å². The first-order chi connectivity index (χ1) is 8.17. The van der Waals surface area contributed by atoms with E-state index in [4.69, 9.17) is 0 Å². The molecule has 0 radical (unpaired) electrons. The predicted molar refractivity (Wildman–Crippen MR) is 80.7 cm³/mol. The summed E-state index contributed by atoms with van der Waals surface area (Å²) >= 11 is 3.61. The van der Waals surface area contributed by atoms with Crippen molar-refractivity contribution < 1.29 is 0 Å². The zero-order valence-corrected chi connectivity index (χ0v) is 12.8. The van der Waals surface area contributed by atoms with Crippen LogP contribution in [0.3, 0.4) is 0 Å². The molecule has 1 nitrogen and oxygen atoms in total. The number of aryl methyl sites for hydroxylation is 1. The molecule has 0 bridgehead atoms. The molecule has 0 saturated carbocycles. The van der Waals surface area contributed by atoms with Crippen molar-refractivity contribution in [1.29, 1.82) is 0 Å². The second kappa shape index (κ2) is 7.75. The lowest BCUT2D eigenvalue weighted by Gasteiger charge is -2.17. The maximum Gasteiger partial charge on any atom is 0.0484 e. The van der Waals surface area contributed by atoms with Crippen LogP contribution in [-0.4, -0.2) is 6.54 Å². The van der Waals surface area contributed by atoms with Gasteiger partial charge in [-0.05, 0) is 52.9 Å². The van der Waals surface area contributed by atoms with Gasteiger partial charge < -0.3 is 5.32 Å². The molecule has 0 fully saturated rings. The Morgan fingerprint density at radius 3 is 2.65 bits per heavy atom. The molecule has 96 valence electrons. The number of benzene rings is 1. The van der Waals surface area contributed by atoms with Crippen LogP contribution in [0.15, 0.2) is 22.7 Å². The fourth-order valence-corrected chi connectivity index (χ4v) is 2.59. The van der Waals surface area contributed by atoms with Crippen LogP contribution in [0, 0.1) is 12.8 Å². The van der Waals surface area contributed by atoms with Gasteiger partial charge in [-0.1, -0.05) is 39.2 Å². The van der Waals surface area contributed by atoms with Gasteiger partial charge >= 0.3 is 0 Å². The minimum absolute atomic E-state index is 0.795. The Hall–Kier alpha value is -0.500. The van der Waals surface area contributed by atoms with Gasteiger partial charge in [-0.25, -0.2) is 0 Å². The molecule has 1 N–H and O–H groups in total. The molecule has 0 aliphatic heterocycles. The van der Waals surface area contributed by atoms with E-state index >= 15 is 0 Å². The van der Waals surface area contributed by atoms with Crippen molar-refractivity contribution in [2.75, 3.05) is 11.9 Å². The maximum absolute atomic E-state index is 3.61. The van der Waals surface area contributed by atoms with E-state index in [1.165, 1.54) is 41.4 Å². The highest BCUT2D eigenvalue weighted by molar-refractivity contribution is 9.10. The summed E-state index contributed by atoms with van der Waals surface area (Å²) < 4.78 is 1.17. The lowest BCUT2D eigenvalue weighted by Crippen LogP contribution is -2.13. The standard InChI is InChI=1S/C15H24BrN/c1-4-6-7-13(5-2)11-17-15-9-8-12(3)10-14(15)16/h8-10,13,17H,4-7,11H2,1-3H3. The van der Waals surface area contributed by atoms with Gasteiger partial charge in [-0.2, -0.15) is 0 Å². The van der Waals surface area contributed by atoms with E-state index in [2.05, 4.69) is 60.2 Å². The first kappa shape index (κ1) is 14.6. The molecule has 0 aliphatic carbocycles. The van der Waals surface area contributed by atoms with E-state index in [-0.39, 0.29) is 0 Å². The van der Waals surface area contributed by atoms with Gasteiger partial charge in [0.05, 0.1) is 0 Å². The van der Waals surface area contributed by atoms with Crippen LogP contribution in [0.1, 0.15) is 45.1 Å². The molecule has 0 heterocycles. The van der Waals surface area contributed by atoms with Gasteiger partial charge in [0.15, 0.2) is 0 Å². The van der Waals surface area contributed by atoms with Crippen LogP contribution in [0.4, 0.5) is 5.69 Å². The fraction of sp³-hybridized carbons (Fsp3) is 0.600. The molecule has 1 unspecified atom stereocenters. The largest absolute Gasteiger partial charge is 0.384 e. The quantitative estimate of drug-likeness (QED) is 0.712. The molecule has 0 amide bonds. The van der Waals surface area contributed by atoms with Gasteiger partial charge in [0.2, 0.25) is 0 Å². The van der Waals surface area contributed by atoms with Crippen molar-refractivity contribution in [2.24, 2.45) is 5.92 Å². The van der Waals surface area contributed by atoms with Gasteiger partial charge in [0.25, 0.3) is 0 Å². The number of halogens is 1. The Bertz CT molecular complexity index is 336. The summed E-state index contributed by atoms with van der Waals surface area (Å²) in [5, 5.41) is 3.55. The second-order valence-corrected chi connectivity index (χ2v) is 5.64. The second-order valence-electron chi connectivity index (χ2n) is 4.78. The normalized spacial score (nSPS) is 12.5. The Morgan fingerprint density at radius 2 is 2.06 bits per heavy atom. The summed E-state index contributed by atoms with van der Waals surface area (Å²) in [6.07, 6.45) is 5.24. The number of hydrogen-bond donors (Lipinski definition) is 1. The van der Waals surface area contributed by atoms with Crippen LogP contribution in [0.25, 0.3) is 0 Å². The molecule has 1 aromatic carbocycles. The van der Waals surface area contributed by atoms with Crippen molar-refractivity contribution in [3.8, 4) is 0 Å². The molecular weight excluding hydrogens is 274 g/mol. The molecule has 0 aromatic heterocycles. The highest BCUT2D eigenvalue weighted by atomic mass is 79.9. The third-order valence-electron chi connectivity index (χ3n) is 3.25. The zero-order chi connectivity index (χ0) is 12.7. The Morgan fingerprint density at radius 1 is 1.29 bits per heavy atom. The molecule has 1 rings (SSSR count). The number of nitrogens with one attached hydrogen (secondary N) is 1. The van der Waals surface area contributed by atoms with Gasteiger partial charge in [-0.3, -0.25) is 0 Å². The molecule has 0 saturated heterocycles. The fourth-order valence-electron chi connectivity index (χ4n) is 1.96. The van der Waals surface area contributed by atoms with Crippen LogP contribution in [0.2, 0.25) is 0 Å². The molecule has 0 spiro atoms.